The van der Waals surface area contributed by atoms with Crippen molar-refractivity contribution in [3.05, 3.63) is 23.5 Å². The molecule has 0 aromatic heterocycles. The molecule has 0 saturated heterocycles. The van der Waals surface area contributed by atoms with Crippen LogP contribution in [0.25, 0.3) is 0 Å². The van der Waals surface area contributed by atoms with Gasteiger partial charge in [-0.05, 0) is 36.0 Å². The molecule has 1 rings (SSSR count). The zero-order chi connectivity index (χ0) is 15.7. The first-order valence-corrected chi connectivity index (χ1v) is 8.01. The van der Waals surface area contributed by atoms with Gasteiger partial charge in [0.25, 0.3) is 0 Å². The van der Waals surface area contributed by atoms with Crippen molar-refractivity contribution in [2.24, 2.45) is 11.3 Å². The van der Waals surface area contributed by atoms with Crippen molar-refractivity contribution in [2.75, 3.05) is 12.3 Å². The largest absolute Gasteiger partial charge is 0.396 e. The average molecular weight is 302 g/mol. The summed E-state index contributed by atoms with van der Waals surface area (Å²) < 4.78 is 40.5. The van der Waals surface area contributed by atoms with Crippen molar-refractivity contribution in [1.29, 1.82) is 0 Å². The summed E-state index contributed by atoms with van der Waals surface area (Å²) in [7, 11) is -3.69. The Hall–Kier alpha value is -1.14. The summed E-state index contributed by atoms with van der Waals surface area (Å²) in [6.45, 7) is 9.85. The van der Waals surface area contributed by atoms with E-state index in [2.05, 4.69) is 4.72 Å². The summed E-state index contributed by atoms with van der Waals surface area (Å²) in [5.74, 6) is -0.253. The first-order chi connectivity index (χ1) is 8.97. The Labute approximate surface area is 120 Å². The molecule has 0 fully saturated rings. The Bertz CT molecular complexity index is 572. The molecule has 0 atom stereocenters. The van der Waals surface area contributed by atoms with Gasteiger partial charge < -0.3 is 5.73 Å². The molecule has 0 aliphatic heterocycles. The Morgan fingerprint density at radius 3 is 2.35 bits per heavy atom. The second-order valence-electron chi connectivity index (χ2n) is 6.11. The minimum Gasteiger partial charge on any atom is -0.396 e. The molecule has 0 amide bonds. The van der Waals surface area contributed by atoms with Gasteiger partial charge in [-0.1, -0.05) is 27.7 Å². The van der Waals surface area contributed by atoms with Crippen molar-refractivity contribution < 1.29 is 12.8 Å². The van der Waals surface area contributed by atoms with Crippen LogP contribution in [0, 0.1) is 24.1 Å². The van der Waals surface area contributed by atoms with E-state index in [0.717, 1.165) is 6.07 Å². The number of benzene rings is 1. The van der Waals surface area contributed by atoms with Crippen LogP contribution in [0.1, 0.15) is 33.3 Å². The summed E-state index contributed by atoms with van der Waals surface area (Å²) in [6, 6.07) is 2.43. The molecule has 1 aromatic carbocycles. The number of sulfonamides is 1. The Morgan fingerprint density at radius 2 is 1.90 bits per heavy atom. The molecule has 6 heteroatoms. The monoisotopic (exact) mass is 302 g/mol. The number of rotatable bonds is 5. The van der Waals surface area contributed by atoms with E-state index in [1.54, 1.807) is 0 Å². The highest BCUT2D eigenvalue weighted by molar-refractivity contribution is 7.89. The molecule has 0 saturated carbocycles. The Morgan fingerprint density at radius 1 is 1.35 bits per heavy atom. The van der Waals surface area contributed by atoms with E-state index in [-0.39, 0.29) is 21.6 Å². The predicted octanol–water partition coefficient (Wildman–Crippen LogP) is 2.68. The predicted molar refractivity (Wildman–Crippen MR) is 79.4 cm³/mol. The molecule has 0 unspecified atom stereocenters. The molecule has 114 valence electrons. The minimum atomic E-state index is -3.69. The van der Waals surface area contributed by atoms with E-state index in [9.17, 15) is 12.8 Å². The molecule has 1 aromatic rings. The number of aryl methyl sites for hydroxylation is 1. The smallest absolute Gasteiger partial charge is 0.240 e. The molecule has 0 aliphatic carbocycles. The fourth-order valence-corrected chi connectivity index (χ4v) is 2.83. The normalized spacial score (nSPS) is 12.9. The van der Waals surface area contributed by atoms with Crippen LogP contribution in [0.2, 0.25) is 0 Å². The molecule has 0 spiro atoms. The van der Waals surface area contributed by atoms with Gasteiger partial charge in [-0.3, -0.25) is 0 Å². The molecular formula is C14H23FN2O2S. The molecule has 0 heterocycles. The highest BCUT2D eigenvalue weighted by Gasteiger charge is 2.26. The summed E-state index contributed by atoms with van der Waals surface area (Å²) >= 11 is 0. The number of nitrogens with two attached hydrogens (primary N) is 1. The summed E-state index contributed by atoms with van der Waals surface area (Å²) in [4.78, 5) is -0.00606. The highest BCUT2D eigenvalue weighted by atomic mass is 32.2. The lowest BCUT2D eigenvalue weighted by molar-refractivity contribution is 0.252. The molecule has 0 aliphatic rings. The molecule has 3 N–H and O–H groups in total. The van der Waals surface area contributed by atoms with Gasteiger partial charge in [0.2, 0.25) is 10.0 Å². The third-order valence-electron chi connectivity index (χ3n) is 3.85. The number of hydrogen-bond donors (Lipinski definition) is 2. The van der Waals surface area contributed by atoms with E-state index in [4.69, 9.17) is 5.73 Å². The van der Waals surface area contributed by atoms with Crippen molar-refractivity contribution in [2.45, 2.75) is 39.5 Å². The van der Waals surface area contributed by atoms with E-state index in [1.807, 2.05) is 27.7 Å². The van der Waals surface area contributed by atoms with Crippen LogP contribution in [0.3, 0.4) is 0 Å². The maximum absolute atomic E-state index is 13.4. The number of anilines is 1. The summed E-state index contributed by atoms with van der Waals surface area (Å²) in [5, 5.41) is 0. The third kappa shape index (κ3) is 3.70. The topological polar surface area (TPSA) is 72.2 Å². The SMILES string of the molecule is Cc1cc(S(=O)(=O)NCC(C)(C)C(C)C)cc(N)c1F. The van der Waals surface area contributed by atoms with Gasteiger partial charge in [-0.25, -0.2) is 17.5 Å². The Kier molecular flexibility index (Phi) is 4.82. The lowest BCUT2D eigenvalue weighted by Crippen LogP contribution is -2.37. The number of nitrogen functional groups attached to an aromatic ring is 1. The highest BCUT2D eigenvalue weighted by Crippen LogP contribution is 2.26. The van der Waals surface area contributed by atoms with Crippen LogP contribution >= 0.6 is 0 Å². The van der Waals surface area contributed by atoms with E-state index in [0.29, 0.717) is 12.5 Å². The third-order valence-corrected chi connectivity index (χ3v) is 5.23. The van der Waals surface area contributed by atoms with Crippen LogP contribution in [-0.2, 0) is 10.0 Å². The van der Waals surface area contributed by atoms with Gasteiger partial charge in [-0.2, -0.15) is 0 Å². The first kappa shape index (κ1) is 16.9. The summed E-state index contributed by atoms with van der Waals surface area (Å²) in [6.07, 6.45) is 0. The van der Waals surface area contributed by atoms with Crippen LogP contribution in [0.5, 0.6) is 0 Å². The van der Waals surface area contributed by atoms with Gasteiger partial charge >= 0.3 is 0 Å². The standard InChI is InChI=1S/C14H23FN2O2S/c1-9(2)14(4,5)8-17-20(18,19)11-6-10(3)13(15)12(16)7-11/h6-7,9,17H,8,16H2,1-5H3. The van der Waals surface area contributed by atoms with Gasteiger partial charge in [0.1, 0.15) is 5.82 Å². The van der Waals surface area contributed by atoms with E-state index in [1.165, 1.54) is 13.0 Å². The second kappa shape index (κ2) is 5.69. The van der Waals surface area contributed by atoms with Crippen molar-refractivity contribution in [1.82, 2.24) is 4.72 Å². The number of nitrogens with one attached hydrogen (secondary N) is 1. The molecule has 4 nitrogen and oxygen atoms in total. The molecule has 20 heavy (non-hydrogen) atoms. The van der Waals surface area contributed by atoms with Crippen LogP contribution in [0.15, 0.2) is 17.0 Å². The molecule has 0 radical (unpaired) electrons. The van der Waals surface area contributed by atoms with Crippen molar-refractivity contribution in [3.8, 4) is 0 Å². The second-order valence-corrected chi connectivity index (χ2v) is 7.88. The quantitative estimate of drug-likeness (QED) is 0.821. The molecule has 0 bridgehead atoms. The maximum atomic E-state index is 13.4. The maximum Gasteiger partial charge on any atom is 0.240 e. The zero-order valence-corrected chi connectivity index (χ0v) is 13.4. The fraction of sp³-hybridized carbons (Fsp3) is 0.571. The Balaban J connectivity index is 3.01. The van der Waals surface area contributed by atoms with Gasteiger partial charge in [0.05, 0.1) is 10.6 Å². The minimum absolute atomic E-state index is 0.00606. The van der Waals surface area contributed by atoms with Gasteiger partial charge in [0, 0.05) is 6.54 Å². The van der Waals surface area contributed by atoms with Gasteiger partial charge in [-0.15, -0.1) is 0 Å². The fourth-order valence-electron chi connectivity index (χ4n) is 1.49. The van der Waals surface area contributed by atoms with Crippen molar-refractivity contribution in [3.63, 3.8) is 0 Å². The summed E-state index contributed by atoms with van der Waals surface area (Å²) in [5.41, 5.74) is 5.37. The zero-order valence-electron chi connectivity index (χ0n) is 12.6. The van der Waals surface area contributed by atoms with E-state index >= 15 is 0 Å². The number of halogens is 1. The average Bonchev–Trinajstić information content (AvgIpc) is 2.33. The van der Waals surface area contributed by atoms with Crippen LogP contribution < -0.4 is 10.5 Å². The van der Waals surface area contributed by atoms with Crippen LogP contribution in [-0.4, -0.2) is 15.0 Å². The first-order valence-electron chi connectivity index (χ1n) is 6.52. The lowest BCUT2D eigenvalue weighted by atomic mass is 9.81. The number of hydrogen-bond acceptors (Lipinski definition) is 3. The van der Waals surface area contributed by atoms with E-state index < -0.39 is 15.8 Å². The van der Waals surface area contributed by atoms with Gasteiger partial charge in [0.15, 0.2) is 0 Å². The lowest BCUT2D eigenvalue weighted by Gasteiger charge is -2.29. The van der Waals surface area contributed by atoms with Crippen LogP contribution in [0.4, 0.5) is 10.1 Å². The van der Waals surface area contributed by atoms with Crippen molar-refractivity contribution >= 4 is 15.7 Å². The molecular weight excluding hydrogens is 279 g/mol.